The van der Waals surface area contributed by atoms with Crippen LogP contribution in [0.4, 0.5) is 0 Å². The molecule has 0 heterocycles. The summed E-state index contributed by atoms with van der Waals surface area (Å²) in [7, 11) is 1.63. The van der Waals surface area contributed by atoms with E-state index in [2.05, 4.69) is 5.16 Å². The fraction of sp³-hybridized carbons (Fsp3) is 0.462. The van der Waals surface area contributed by atoms with Gasteiger partial charge in [-0.2, -0.15) is 0 Å². The van der Waals surface area contributed by atoms with Gasteiger partial charge in [-0.05, 0) is 49.9 Å². The first kappa shape index (κ1) is 11.8. The van der Waals surface area contributed by atoms with Crippen molar-refractivity contribution in [1.29, 1.82) is 0 Å². The fourth-order valence-electron chi connectivity index (χ4n) is 1.94. The van der Waals surface area contributed by atoms with Gasteiger partial charge in [0.2, 0.25) is 0 Å². The maximum absolute atomic E-state index is 5.85. The highest BCUT2D eigenvalue weighted by molar-refractivity contribution is 5.97. The standard InChI is InChI=1S/C13H18N2O2/c1-16-11-8-6-10(7-9-11)13(14)15-17-12-4-2-3-5-12/h6-9,12H,2-5H2,1H3,(H2,14,15). The molecule has 0 bridgehead atoms. The zero-order valence-electron chi connectivity index (χ0n) is 10.1. The smallest absolute Gasteiger partial charge is 0.170 e. The van der Waals surface area contributed by atoms with Crippen molar-refractivity contribution in [3.8, 4) is 5.75 Å². The third kappa shape index (κ3) is 3.12. The van der Waals surface area contributed by atoms with Crippen LogP contribution in [0.25, 0.3) is 0 Å². The Balaban J connectivity index is 1.96. The average molecular weight is 234 g/mol. The van der Waals surface area contributed by atoms with Crippen molar-refractivity contribution < 1.29 is 9.57 Å². The van der Waals surface area contributed by atoms with Crippen molar-refractivity contribution in [1.82, 2.24) is 0 Å². The Morgan fingerprint density at radius 1 is 1.24 bits per heavy atom. The number of oxime groups is 1. The average Bonchev–Trinajstić information content (AvgIpc) is 2.89. The third-order valence-corrected chi connectivity index (χ3v) is 2.99. The Labute approximate surface area is 101 Å². The Morgan fingerprint density at radius 3 is 2.47 bits per heavy atom. The van der Waals surface area contributed by atoms with Gasteiger partial charge in [0.15, 0.2) is 5.84 Å². The molecule has 2 rings (SSSR count). The molecule has 1 aromatic rings. The Hall–Kier alpha value is -1.71. The topological polar surface area (TPSA) is 56.8 Å². The molecule has 1 aromatic carbocycles. The van der Waals surface area contributed by atoms with Gasteiger partial charge in [-0.1, -0.05) is 5.16 Å². The van der Waals surface area contributed by atoms with Crippen LogP contribution in [-0.4, -0.2) is 19.0 Å². The number of hydrogen-bond acceptors (Lipinski definition) is 3. The van der Waals surface area contributed by atoms with Crippen LogP contribution in [0.2, 0.25) is 0 Å². The van der Waals surface area contributed by atoms with Gasteiger partial charge < -0.3 is 15.3 Å². The summed E-state index contributed by atoms with van der Waals surface area (Å²) in [6.45, 7) is 0. The van der Waals surface area contributed by atoms with Gasteiger partial charge in [-0.15, -0.1) is 0 Å². The number of nitrogens with two attached hydrogens (primary N) is 1. The van der Waals surface area contributed by atoms with Crippen molar-refractivity contribution in [2.24, 2.45) is 10.9 Å². The molecule has 17 heavy (non-hydrogen) atoms. The lowest BCUT2D eigenvalue weighted by atomic mass is 10.2. The van der Waals surface area contributed by atoms with Crippen LogP contribution in [0.5, 0.6) is 5.75 Å². The second-order valence-corrected chi connectivity index (χ2v) is 4.22. The zero-order chi connectivity index (χ0) is 12.1. The summed E-state index contributed by atoms with van der Waals surface area (Å²) in [6, 6.07) is 7.45. The number of amidine groups is 1. The molecule has 0 atom stereocenters. The largest absolute Gasteiger partial charge is 0.497 e. The highest BCUT2D eigenvalue weighted by Crippen LogP contribution is 2.21. The van der Waals surface area contributed by atoms with Crippen molar-refractivity contribution in [2.75, 3.05) is 7.11 Å². The lowest BCUT2D eigenvalue weighted by molar-refractivity contribution is 0.0643. The minimum absolute atomic E-state index is 0.242. The number of ether oxygens (including phenoxy) is 1. The van der Waals surface area contributed by atoms with Crippen LogP contribution >= 0.6 is 0 Å². The minimum atomic E-state index is 0.242. The number of rotatable bonds is 4. The van der Waals surface area contributed by atoms with Gasteiger partial charge in [-0.3, -0.25) is 0 Å². The number of nitrogens with zero attached hydrogens (tertiary/aromatic N) is 1. The van der Waals surface area contributed by atoms with E-state index in [9.17, 15) is 0 Å². The molecule has 0 saturated heterocycles. The summed E-state index contributed by atoms with van der Waals surface area (Å²) in [5.74, 6) is 1.22. The van der Waals surface area contributed by atoms with Crippen LogP contribution < -0.4 is 10.5 Å². The monoisotopic (exact) mass is 234 g/mol. The molecule has 0 radical (unpaired) electrons. The minimum Gasteiger partial charge on any atom is -0.497 e. The molecule has 1 aliphatic rings. The first-order chi connectivity index (χ1) is 8.29. The van der Waals surface area contributed by atoms with Crippen molar-refractivity contribution >= 4 is 5.84 Å². The normalized spacial score (nSPS) is 17.1. The highest BCUT2D eigenvalue weighted by atomic mass is 16.6. The van der Waals surface area contributed by atoms with Gasteiger partial charge >= 0.3 is 0 Å². The van der Waals surface area contributed by atoms with Crippen LogP contribution in [0.15, 0.2) is 29.4 Å². The van der Waals surface area contributed by atoms with E-state index in [-0.39, 0.29) is 6.10 Å². The van der Waals surface area contributed by atoms with Crippen LogP contribution in [0, 0.1) is 0 Å². The molecule has 0 spiro atoms. The maximum atomic E-state index is 5.85. The molecule has 0 aromatic heterocycles. The number of hydrogen-bond donors (Lipinski definition) is 1. The second kappa shape index (κ2) is 5.57. The summed E-state index contributed by atoms with van der Waals surface area (Å²) in [4.78, 5) is 5.41. The maximum Gasteiger partial charge on any atom is 0.170 e. The molecule has 1 aliphatic carbocycles. The van der Waals surface area contributed by atoms with Crippen LogP contribution in [0.1, 0.15) is 31.2 Å². The van der Waals surface area contributed by atoms with Gasteiger partial charge in [0.05, 0.1) is 7.11 Å². The first-order valence-corrected chi connectivity index (χ1v) is 5.93. The van der Waals surface area contributed by atoms with E-state index < -0.39 is 0 Å². The summed E-state index contributed by atoms with van der Waals surface area (Å²) in [5, 5.41) is 3.99. The quantitative estimate of drug-likeness (QED) is 0.494. The fourth-order valence-corrected chi connectivity index (χ4v) is 1.94. The van der Waals surface area contributed by atoms with Crippen LogP contribution in [-0.2, 0) is 4.84 Å². The molecule has 1 saturated carbocycles. The zero-order valence-corrected chi connectivity index (χ0v) is 10.1. The van der Waals surface area contributed by atoms with E-state index in [1.165, 1.54) is 12.8 Å². The molecule has 4 nitrogen and oxygen atoms in total. The number of methoxy groups -OCH3 is 1. The predicted octanol–water partition coefficient (Wildman–Crippen LogP) is 2.27. The lowest BCUT2D eigenvalue weighted by Gasteiger charge is -2.08. The summed E-state index contributed by atoms with van der Waals surface area (Å²) in [5.41, 5.74) is 6.70. The molecule has 1 fully saturated rings. The SMILES string of the molecule is COc1ccc(C(N)=NOC2CCCC2)cc1. The van der Waals surface area contributed by atoms with E-state index in [1.54, 1.807) is 7.11 Å². The van der Waals surface area contributed by atoms with Gasteiger partial charge in [0, 0.05) is 5.56 Å². The summed E-state index contributed by atoms with van der Waals surface area (Å²) in [6.07, 6.45) is 4.86. The number of benzene rings is 1. The summed E-state index contributed by atoms with van der Waals surface area (Å²) < 4.78 is 5.08. The van der Waals surface area contributed by atoms with Gasteiger partial charge in [-0.25, -0.2) is 0 Å². The molecule has 0 aliphatic heterocycles. The Kier molecular flexibility index (Phi) is 3.85. The molecular formula is C13H18N2O2. The molecule has 0 unspecified atom stereocenters. The molecule has 4 heteroatoms. The van der Waals surface area contributed by atoms with Crippen LogP contribution in [0.3, 0.4) is 0 Å². The highest BCUT2D eigenvalue weighted by Gasteiger charge is 2.16. The second-order valence-electron chi connectivity index (χ2n) is 4.22. The van der Waals surface area contributed by atoms with E-state index in [0.717, 1.165) is 24.2 Å². The van der Waals surface area contributed by atoms with Gasteiger partial charge in [0.1, 0.15) is 11.9 Å². The van der Waals surface area contributed by atoms with E-state index in [0.29, 0.717) is 5.84 Å². The molecule has 0 amide bonds. The third-order valence-electron chi connectivity index (χ3n) is 2.99. The van der Waals surface area contributed by atoms with E-state index in [4.69, 9.17) is 15.3 Å². The molecule has 92 valence electrons. The van der Waals surface area contributed by atoms with E-state index >= 15 is 0 Å². The summed E-state index contributed by atoms with van der Waals surface area (Å²) >= 11 is 0. The lowest BCUT2D eigenvalue weighted by Crippen LogP contribution is -2.15. The first-order valence-electron chi connectivity index (χ1n) is 5.93. The van der Waals surface area contributed by atoms with E-state index in [1.807, 2.05) is 24.3 Å². The molecular weight excluding hydrogens is 216 g/mol. The van der Waals surface area contributed by atoms with Gasteiger partial charge in [0.25, 0.3) is 0 Å². The van der Waals surface area contributed by atoms with Crippen molar-refractivity contribution in [3.63, 3.8) is 0 Å². The predicted molar refractivity (Wildman–Crippen MR) is 67.1 cm³/mol. The Bertz CT molecular complexity index is 381. The van der Waals surface area contributed by atoms with Crippen molar-refractivity contribution in [3.05, 3.63) is 29.8 Å². The van der Waals surface area contributed by atoms with Crippen molar-refractivity contribution in [2.45, 2.75) is 31.8 Å². The Morgan fingerprint density at radius 2 is 1.88 bits per heavy atom. The molecule has 2 N–H and O–H groups in total.